The number of nitrogens with zero attached hydrogens (tertiary/aromatic N) is 2. The van der Waals surface area contributed by atoms with Crippen LogP contribution >= 0.6 is 0 Å². The first-order valence-electron chi connectivity index (χ1n) is 16.2. The fourth-order valence-corrected chi connectivity index (χ4v) is 7.19. The zero-order valence-corrected chi connectivity index (χ0v) is 27.5. The summed E-state index contributed by atoms with van der Waals surface area (Å²) in [6, 6.07) is 31.3. The van der Waals surface area contributed by atoms with Crippen LogP contribution in [0.25, 0.3) is 49.7 Å². The molecule has 2 amide bonds. The van der Waals surface area contributed by atoms with Gasteiger partial charge in [0.25, 0.3) is 11.8 Å². The summed E-state index contributed by atoms with van der Waals surface area (Å²) >= 11 is 0. The van der Waals surface area contributed by atoms with E-state index in [-0.39, 0.29) is 22.3 Å². The van der Waals surface area contributed by atoms with Crippen molar-refractivity contribution in [2.45, 2.75) is 26.2 Å². The number of aryl methyl sites for hydroxylation is 2. The molecule has 0 spiro atoms. The number of amides is 2. The first-order chi connectivity index (χ1) is 24.7. The van der Waals surface area contributed by atoms with Gasteiger partial charge >= 0.3 is 12.4 Å². The predicted octanol–water partition coefficient (Wildman–Crippen LogP) is 11.6. The highest BCUT2D eigenvalue weighted by Gasteiger charge is 2.40. The second-order valence-corrected chi connectivity index (χ2v) is 12.9. The molecular formula is C42H26F6N2O2. The molecule has 7 aromatic rings. The third-order valence-electron chi connectivity index (χ3n) is 9.57. The van der Waals surface area contributed by atoms with Crippen molar-refractivity contribution < 1.29 is 35.9 Å². The first-order valence-corrected chi connectivity index (χ1v) is 16.2. The Kier molecular flexibility index (Phi) is 7.42. The number of aromatic nitrogens is 1. The van der Waals surface area contributed by atoms with Gasteiger partial charge in [-0.15, -0.1) is 0 Å². The molecular weight excluding hydrogens is 678 g/mol. The minimum Gasteiger partial charge on any atom is -0.308 e. The number of rotatable bonds is 4. The minimum atomic E-state index is -4.63. The number of carbonyl (C=O) groups is 2. The van der Waals surface area contributed by atoms with Crippen LogP contribution in [-0.2, 0) is 12.4 Å². The normalized spacial score (nSPS) is 13.4. The number of halogens is 6. The smallest absolute Gasteiger partial charge is 0.308 e. The van der Waals surface area contributed by atoms with Crippen molar-refractivity contribution in [2.75, 3.05) is 4.90 Å². The summed E-state index contributed by atoms with van der Waals surface area (Å²) in [5.74, 6) is -1.09. The van der Waals surface area contributed by atoms with Crippen molar-refractivity contribution >= 4 is 39.3 Å². The minimum absolute atomic E-state index is 0.0299. The molecule has 0 aliphatic carbocycles. The van der Waals surface area contributed by atoms with Gasteiger partial charge in [0, 0.05) is 10.8 Å². The number of hydrogen-bond acceptors (Lipinski definition) is 2. The summed E-state index contributed by atoms with van der Waals surface area (Å²) in [5, 5.41) is 1.34. The van der Waals surface area contributed by atoms with E-state index < -0.39 is 35.3 Å². The Balaban J connectivity index is 1.42. The summed E-state index contributed by atoms with van der Waals surface area (Å²) in [6.45, 7) is 3.17. The SMILES string of the molecule is Cc1ccc(-c2ccc3c4ccc(-c5ccc(C(F)(F)F)cc5C)cc4n(-c4cccc5c4C(=O)N(c4ccccc4)C5=O)c3c2)c(C(F)(F)F)c1. The lowest BCUT2D eigenvalue weighted by Gasteiger charge is -2.16. The summed E-state index contributed by atoms with van der Waals surface area (Å²) in [4.78, 5) is 29.0. The van der Waals surface area contributed by atoms with Gasteiger partial charge < -0.3 is 4.57 Å². The largest absolute Gasteiger partial charge is 0.417 e. The van der Waals surface area contributed by atoms with Crippen LogP contribution in [0.3, 0.4) is 0 Å². The Morgan fingerprint density at radius 1 is 0.538 bits per heavy atom. The third kappa shape index (κ3) is 5.25. The topological polar surface area (TPSA) is 42.3 Å². The Bertz CT molecular complexity index is 2620. The molecule has 1 aliphatic rings. The van der Waals surface area contributed by atoms with Gasteiger partial charge in [-0.1, -0.05) is 72.3 Å². The molecule has 8 rings (SSSR count). The van der Waals surface area contributed by atoms with Crippen LogP contribution in [0.5, 0.6) is 0 Å². The van der Waals surface area contributed by atoms with Crippen LogP contribution in [0, 0.1) is 13.8 Å². The molecule has 0 N–H and O–H groups in total. The molecule has 6 aromatic carbocycles. The molecule has 0 saturated heterocycles. The molecule has 0 bridgehead atoms. The lowest BCUT2D eigenvalue weighted by atomic mass is 9.96. The Morgan fingerprint density at radius 3 is 1.79 bits per heavy atom. The fraction of sp³-hybridized carbons (Fsp3) is 0.0952. The molecule has 0 radical (unpaired) electrons. The van der Waals surface area contributed by atoms with Gasteiger partial charge in [0.15, 0.2) is 0 Å². The third-order valence-corrected chi connectivity index (χ3v) is 9.57. The highest BCUT2D eigenvalue weighted by molar-refractivity contribution is 6.35. The Labute approximate surface area is 293 Å². The number of alkyl halides is 6. The molecule has 1 aliphatic heterocycles. The molecule has 2 heterocycles. The average Bonchev–Trinajstić information content (AvgIpc) is 3.57. The van der Waals surface area contributed by atoms with E-state index in [0.29, 0.717) is 55.4 Å². The number of benzene rings is 6. The molecule has 0 fully saturated rings. The molecule has 0 saturated carbocycles. The number of imide groups is 1. The number of fused-ring (bicyclic) bond motifs is 4. The number of para-hydroxylation sites is 1. The number of anilines is 1. The average molecular weight is 705 g/mol. The van der Waals surface area contributed by atoms with Crippen LogP contribution in [-0.4, -0.2) is 16.4 Å². The molecule has 0 atom stereocenters. The zero-order chi connectivity index (χ0) is 36.7. The first kappa shape index (κ1) is 33.0. The van der Waals surface area contributed by atoms with Gasteiger partial charge in [-0.2, -0.15) is 26.3 Å². The van der Waals surface area contributed by atoms with Crippen molar-refractivity contribution in [1.82, 2.24) is 4.57 Å². The van der Waals surface area contributed by atoms with Crippen molar-refractivity contribution in [3.05, 3.63) is 155 Å². The summed E-state index contributed by atoms with van der Waals surface area (Å²) in [7, 11) is 0. The van der Waals surface area contributed by atoms with E-state index >= 15 is 0 Å². The van der Waals surface area contributed by atoms with E-state index in [9.17, 15) is 35.9 Å². The van der Waals surface area contributed by atoms with Crippen molar-refractivity contribution in [3.8, 4) is 27.9 Å². The van der Waals surface area contributed by atoms with E-state index in [1.165, 1.54) is 12.1 Å². The highest BCUT2D eigenvalue weighted by atomic mass is 19.4. The fourth-order valence-electron chi connectivity index (χ4n) is 7.19. The second kappa shape index (κ2) is 11.7. The number of hydrogen-bond donors (Lipinski definition) is 0. The monoisotopic (exact) mass is 704 g/mol. The van der Waals surface area contributed by atoms with Gasteiger partial charge in [-0.3, -0.25) is 9.59 Å². The maximum Gasteiger partial charge on any atom is 0.417 e. The van der Waals surface area contributed by atoms with E-state index in [4.69, 9.17) is 0 Å². The molecule has 4 nitrogen and oxygen atoms in total. The lowest BCUT2D eigenvalue weighted by molar-refractivity contribution is -0.138. The molecule has 0 unspecified atom stereocenters. The second-order valence-electron chi connectivity index (χ2n) is 12.9. The van der Waals surface area contributed by atoms with Crippen LogP contribution in [0.15, 0.2) is 121 Å². The van der Waals surface area contributed by atoms with Crippen LogP contribution < -0.4 is 4.90 Å². The summed E-state index contributed by atoms with van der Waals surface area (Å²) < 4.78 is 85.3. The van der Waals surface area contributed by atoms with Crippen LogP contribution in [0.4, 0.5) is 32.0 Å². The summed E-state index contributed by atoms with van der Waals surface area (Å²) in [6.07, 6.45) is -9.16. The lowest BCUT2D eigenvalue weighted by Crippen LogP contribution is -2.29. The van der Waals surface area contributed by atoms with Crippen LogP contribution in [0.2, 0.25) is 0 Å². The van der Waals surface area contributed by atoms with Gasteiger partial charge in [-0.25, -0.2) is 4.90 Å². The quantitative estimate of drug-likeness (QED) is 0.135. The Morgan fingerprint density at radius 2 is 1.17 bits per heavy atom. The van der Waals surface area contributed by atoms with Crippen molar-refractivity contribution in [1.29, 1.82) is 0 Å². The van der Waals surface area contributed by atoms with Crippen LogP contribution in [0.1, 0.15) is 43.0 Å². The maximum atomic E-state index is 14.3. The summed E-state index contributed by atoms with van der Waals surface area (Å²) in [5.41, 5.74) is 2.62. The molecule has 1 aromatic heterocycles. The Hall–Kier alpha value is -6.16. The van der Waals surface area contributed by atoms with Gasteiger partial charge in [-0.05, 0) is 96.3 Å². The standard InChI is InChI=1S/C42H26F6N2O2/c1-23-11-15-30(34(19-23)42(46,47)48)26-13-17-32-31-16-12-25(29-18-14-27(20-24(29)2)41(43,44)45)21-36(31)50(37(32)22-26)35-10-6-9-33-38(35)40(52)49(39(33)51)28-7-4-3-5-8-28/h3-22H,1-2H3. The van der Waals surface area contributed by atoms with Crippen molar-refractivity contribution in [3.63, 3.8) is 0 Å². The van der Waals surface area contributed by atoms with E-state index in [1.807, 2.05) is 0 Å². The van der Waals surface area contributed by atoms with Gasteiger partial charge in [0.2, 0.25) is 0 Å². The number of carbonyl (C=O) groups excluding carboxylic acids is 2. The van der Waals surface area contributed by atoms with Gasteiger partial charge in [0.1, 0.15) is 0 Å². The van der Waals surface area contributed by atoms with Gasteiger partial charge in [0.05, 0.1) is 44.7 Å². The highest BCUT2D eigenvalue weighted by Crippen LogP contribution is 2.43. The zero-order valence-electron chi connectivity index (χ0n) is 27.5. The predicted molar refractivity (Wildman–Crippen MR) is 189 cm³/mol. The molecule has 52 heavy (non-hydrogen) atoms. The maximum absolute atomic E-state index is 14.3. The molecule has 258 valence electrons. The van der Waals surface area contributed by atoms with E-state index in [2.05, 4.69) is 0 Å². The van der Waals surface area contributed by atoms with Crippen molar-refractivity contribution in [2.24, 2.45) is 0 Å². The van der Waals surface area contributed by atoms with E-state index in [0.717, 1.165) is 23.1 Å². The molecule has 10 heteroatoms. The van der Waals surface area contributed by atoms with E-state index in [1.54, 1.807) is 109 Å².